The van der Waals surface area contributed by atoms with Crippen molar-refractivity contribution in [3.05, 3.63) is 57.0 Å². The summed E-state index contributed by atoms with van der Waals surface area (Å²) in [6.07, 6.45) is 1.05. The van der Waals surface area contributed by atoms with Crippen LogP contribution in [-0.4, -0.2) is 6.54 Å². The molecule has 0 fully saturated rings. The highest BCUT2D eigenvalue weighted by atomic mass is 35.5. The lowest BCUT2D eigenvalue weighted by atomic mass is 10.0. The molecule has 0 spiro atoms. The predicted octanol–water partition coefficient (Wildman–Crippen LogP) is 4.63. The SMILES string of the molecule is CCCNC(c1ccsc1)c1ccc(F)c(Cl)c1. The molecule has 96 valence electrons. The number of rotatable bonds is 5. The lowest BCUT2D eigenvalue weighted by Gasteiger charge is -2.18. The van der Waals surface area contributed by atoms with Crippen LogP contribution in [0.25, 0.3) is 0 Å². The van der Waals surface area contributed by atoms with Crippen LogP contribution >= 0.6 is 22.9 Å². The van der Waals surface area contributed by atoms with E-state index < -0.39 is 0 Å². The second kappa shape index (κ2) is 6.32. The molecule has 1 N–H and O–H groups in total. The molecule has 1 atom stereocenters. The number of hydrogen-bond donors (Lipinski definition) is 1. The van der Waals surface area contributed by atoms with Gasteiger partial charge in [0.1, 0.15) is 5.82 Å². The van der Waals surface area contributed by atoms with Crippen molar-refractivity contribution in [3.63, 3.8) is 0 Å². The molecule has 1 heterocycles. The third kappa shape index (κ3) is 3.10. The lowest BCUT2D eigenvalue weighted by molar-refractivity contribution is 0.594. The highest BCUT2D eigenvalue weighted by Crippen LogP contribution is 2.27. The third-order valence-corrected chi connectivity index (χ3v) is 3.74. The Balaban J connectivity index is 2.30. The minimum absolute atomic E-state index is 0.0781. The van der Waals surface area contributed by atoms with Gasteiger partial charge in [-0.25, -0.2) is 4.39 Å². The Hall–Kier alpha value is -0.900. The maximum Gasteiger partial charge on any atom is 0.141 e. The predicted molar refractivity (Wildman–Crippen MR) is 75.9 cm³/mol. The van der Waals surface area contributed by atoms with Crippen LogP contribution in [0.5, 0.6) is 0 Å². The van der Waals surface area contributed by atoms with Crippen LogP contribution in [0.3, 0.4) is 0 Å². The second-order valence-electron chi connectivity index (χ2n) is 4.12. The van der Waals surface area contributed by atoms with E-state index in [1.54, 1.807) is 23.5 Å². The van der Waals surface area contributed by atoms with Gasteiger partial charge >= 0.3 is 0 Å². The van der Waals surface area contributed by atoms with Crippen molar-refractivity contribution >= 4 is 22.9 Å². The fourth-order valence-corrected chi connectivity index (χ4v) is 2.72. The summed E-state index contributed by atoms with van der Waals surface area (Å²) in [4.78, 5) is 0. The summed E-state index contributed by atoms with van der Waals surface area (Å²) in [5.74, 6) is -0.375. The molecule has 0 radical (unpaired) electrons. The van der Waals surface area contributed by atoms with Crippen LogP contribution < -0.4 is 5.32 Å². The number of hydrogen-bond acceptors (Lipinski definition) is 2. The standard InChI is InChI=1S/C14H15ClFNS/c1-2-6-17-14(11-5-7-18-9-11)10-3-4-13(16)12(15)8-10/h3-5,7-9,14,17H,2,6H2,1H3. The largest absolute Gasteiger partial charge is 0.306 e. The molecular formula is C14H15ClFNS. The van der Waals surface area contributed by atoms with Gasteiger partial charge < -0.3 is 5.32 Å². The van der Waals surface area contributed by atoms with Gasteiger partial charge in [0.15, 0.2) is 0 Å². The smallest absolute Gasteiger partial charge is 0.141 e. The first-order valence-electron chi connectivity index (χ1n) is 5.92. The van der Waals surface area contributed by atoms with Gasteiger partial charge in [0.05, 0.1) is 11.1 Å². The number of thiophene rings is 1. The number of halogens is 2. The van der Waals surface area contributed by atoms with Crippen LogP contribution in [-0.2, 0) is 0 Å². The van der Waals surface area contributed by atoms with Gasteiger partial charge in [-0.05, 0) is 53.1 Å². The minimum Gasteiger partial charge on any atom is -0.306 e. The molecule has 1 nitrogen and oxygen atoms in total. The Labute approximate surface area is 116 Å². The van der Waals surface area contributed by atoms with E-state index in [4.69, 9.17) is 11.6 Å². The summed E-state index contributed by atoms with van der Waals surface area (Å²) in [7, 11) is 0. The van der Waals surface area contributed by atoms with Crippen LogP contribution in [0.2, 0.25) is 5.02 Å². The van der Waals surface area contributed by atoms with Gasteiger partial charge in [-0.15, -0.1) is 0 Å². The van der Waals surface area contributed by atoms with E-state index in [2.05, 4.69) is 23.7 Å². The van der Waals surface area contributed by atoms with Gasteiger partial charge in [0.2, 0.25) is 0 Å². The van der Waals surface area contributed by atoms with Crippen molar-refractivity contribution in [3.8, 4) is 0 Å². The van der Waals surface area contributed by atoms with E-state index in [0.29, 0.717) is 0 Å². The molecule has 0 bridgehead atoms. The molecule has 0 aliphatic rings. The zero-order valence-electron chi connectivity index (χ0n) is 10.1. The molecule has 2 aromatic rings. The molecule has 1 aromatic heterocycles. The summed E-state index contributed by atoms with van der Waals surface area (Å²) >= 11 is 7.51. The van der Waals surface area contributed by atoms with Gasteiger partial charge in [-0.2, -0.15) is 11.3 Å². The zero-order chi connectivity index (χ0) is 13.0. The van der Waals surface area contributed by atoms with Gasteiger partial charge in [-0.1, -0.05) is 24.6 Å². The minimum atomic E-state index is -0.375. The summed E-state index contributed by atoms with van der Waals surface area (Å²) in [5.41, 5.74) is 2.18. The van der Waals surface area contributed by atoms with Crippen LogP contribution in [0.15, 0.2) is 35.0 Å². The van der Waals surface area contributed by atoms with Crippen molar-refractivity contribution in [2.45, 2.75) is 19.4 Å². The molecule has 18 heavy (non-hydrogen) atoms. The molecule has 0 aliphatic carbocycles. The number of nitrogens with one attached hydrogen (secondary N) is 1. The molecule has 0 saturated heterocycles. The Morgan fingerprint density at radius 2 is 2.17 bits per heavy atom. The van der Waals surface area contributed by atoms with Crippen molar-refractivity contribution in [2.75, 3.05) is 6.54 Å². The van der Waals surface area contributed by atoms with Gasteiger partial charge in [-0.3, -0.25) is 0 Å². The summed E-state index contributed by atoms with van der Waals surface area (Å²) in [6, 6.07) is 7.06. The van der Waals surface area contributed by atoms with Gasteiger partial charge in [0.25, 0.3) is 0 Å². The van der Waals surface area contributed by atoms with E-state index in [1.807, 2.05) is 5.38 Å². The fraction of sp³-hybridized carbons (Fsp3) is 0.286. The van der Waals surface area contributed by atoms with E-state index in [1.165, 1.54) is 11.6 Å². The highest BCUT2D eigenvalue weighted by Gasteiger charge is 2.15. The molecule has 2 rings (SSSR count). The van der Waals surface area contributed by atoms with E-state index in [9.17, 15) is 4.39 Å². The Bertz CT molecular complexity index is 499. The van der Waals surface area contributed by atoms with Crippen molar-refractivity contribution in [1.82, 2.24) is 5.32 Å². The first-order valence-corrected chi connectivity index (χ1v) is 7.25. The summed E-state index contributed by atoms with van der Waals surface area (Å²) < 4.78 is 13.2. The normalized spacial score (nSPS) is 12.6. The van der Waals surface area contributed by atoms with E-state index in [-0.39, 0.29) is 16.9 Å². The number of benzene rings is 1. The quantitative estimate of drug-likeness (QED) is 0.844. The first-order chi connectivity index (χ1) is 8.72. The zero-order valence-corrected chi connectivity index (χ0v) is 11.7. The molecule has 1 aromatic carbocycles. The molecule has 1 unspecified atom stereocenters. The summed E-state index contributed by atoms with van der Waals surface area (Å²) in [6.45, 7) is 3.03. The van der Waals surface area contributed by atoms with E-state index in [0.717, 1.165) is 18.5 Å². The Morgan fingerprint density at radius 3 is 2.78 bits per heavy atom. The maximum absolute atomic E-state index is 13.2. The lowest BCUT2D eigenvalue weighted by Crippen LogP contribution is -2.22. The highest BCUT2D eigenvalue weighted by molar-refractivity contribution is 7.08. The van der Waals surface area contributed by atoms with Crippen LogP contribution in [0.1, 0.15) is 30.5 Å². The molecule has 0 saturated carbocycles. The van der Waals surface area contributed by atoms with Crippen LogP contribution in [0, 0.1) is 5.82 Å². The average molecular weight is 284 g/mol. The maximum atomic E-state index is 13.2. The fourth-order valence-electron chi connectivity index (χ4n) is 1.85. The van der Waals surface area contributed by atoms with Crippen molar-refractivity contribution < 1.29 is 4.39 Å². The first kappa shape index (κ1) is 13.5. The third-order valence-electron chi connectivity index (χ3n) is 2.75. The summed E-state index contributed by atoms with van der Waals surface area (Å²) in [5, 5.41) is 7.78. The van der Waals surface area contributed by atoms with Gasteiger partial charge in [0, 0.05) is 0 Å². The average Bonchev–Trinajstić information content (AvgIpc) is 2.88. The second-order valence-corrected chi connectivity index (χ2v) is 5.30. The molecule has 4 heteroatoms. The van der Waals surface area contributed by atoms with Crippen molar-refractivity contribution in [2.24, 2.45) is 0 Å². The molecule has 0 amide bonds. The monoisotopic (exact) mass is 283 g/mol. The molecular weight excluding hydrogens is 269 g/mol. The molecule has 0 aliphatic heterocycles. The van der Waals surface area contributed by atoms with Crippen LogP contribution in [0.4, 0.5) is 4.39 Å². The van der Waals surface area contributed by atoms with Crippen molar-refractivity contribution in [1.29, 1.82) is 0 Å². The van der Waals surface area contributed by atoms with E-state index >= 15 is 0 Å². The topological polar surface area (TPSA) is 12.0 Å². The Kier molecular flexibility index (Phi) is 4.75. The Morgan fingerprint density at radius 1 is 1.33 bits per heavy atom.